The Kier molecular flexibility index (Phi) is 4.25. The Hall–Kier alpha value is -1.49. The van der Waals surface area contributed by atoms with Crippen LogP contribution in [0.1, 0.15) is 30.6 Å². The molecule has 0 bridgehead atoms. The Bertz CT molecular complexity index is 581. The number of aryl methyl sites for hydroxylation is 1. The van der Waals surface area contributed by atoms with Crippen LogP contribution in [0.25, 0.3) is 0 Å². The van der Waals surface area contributed by atoms with Crippen LogP contribution in [-0.2, 0) is 12.8 Å². The topological polar surface area (TPSA) is 58.6 Å². The van der Waals surface area contributed by atoms with Crippen LogP contribution >= 0.6 is 15.9 Å². The van der Waals surface area contributed by atoms with Gasteiger partial charge in [0.1, 0.15) is 10.3 Å². The third kappa shape index (κ3) is 3.04. The largest absolute Gasteiger partial charge is 0.309 e. The van der Waals surface area contributed by atoms with Crippen molar-refractivity contribution in [1.29, 1.82) is 0 Å². The molecule has 0 fully saturated rings. The Morgan fingerprint density at radius 1 is 1.39 bits per heavy atom. The number of nitrogens with one attached hydrogen (secondary N) is 1. The SMILES string of the molecule is CCCc1nc(Cc2ccccn2)[nH]c(=O)c1Br. The van der Waals surface area contributed by atoms with Gasteiger partial charge in [0.2, 0.25) is 0 Å². The summed E-state index contributed by atoms with van der Waals surface area (Å²) in [7, 11) is 0. The first-order chi connectivity index (χ1) is 8.70. The van der Waals surface area contributed by atoms with Gasteiger partial charge >= 0.3 is 0 Å². The highest BCUT2D eigenvalue weighted by Gasteiger charge is 2.08. The summed E-state index contributed by atoms with van der Waals surface area (Å²) in [4.78, 5) is 23.2. The summed E-state index contributed by atoms with van der Waals surface area (Å²) in [5.41, 5.74) is 1.58. The van der Waals surface area contributed by atoms with Crippen molar-refractivity contribution >= 4 is 15.9 Å². The minimum atomic E-state index is -0.126. The highest BCUT2D eigenvalue weighted by molar-refractivity contribution is 9.10. The minimum absolute atomic E-state index is 0.126. The van der Waals surface area contributed by atoms with Gasteiger partial charge < -0.3 is 4.98 Å². The number of nitrogens with zero attached hydrogens (tertiary/aromatic N) is 2. The van der Waals surface area contributed by atoms with E-state index in [9.17, 15) is 4.79 Å². The second kappa shape index (κ2) is 5.91. The van der Waals surface area contributed by atoms with Gasteiger partial charge in [-0.15, -0.1) is 0 Å². The van der Waals surface area contributed by atoms with Crippen LogP contribution in [0.15, 0.2) is 33.7 Å². The van der Waals surface area contributed by atoms with Crippen LogP contribution in [0.2, 0.25) is 0 Å². The molecule has 1 N–H and O–H groups in total. The van der Waals surface area contributed by atoms with Gasteiger partial charge in [-0.3, -0.25) is 9.78 Å². The van der Waals surface area contributed by atoms with Gasteiger partial charge in [0, 0.05) is 18.3 Å². The van der Waals surface area contributed by atoms with E-state index in [2.05, 4.69) is 37.8 Å². The number of rotatable bonds is 4. The summed E-state index contributed by atoms with van der Waals surface area (Å²) in [5.74, 6) is 0.658. The molecule has 2 aromatic heterocycles. The first-order valence-corrected chi connectivity index (χ1v) is 6.67. The number of aromatic nitrogens is 3. The summed E-state index contributed by atoms with van der Waals surface area (Å²) < 4.78 is 0.536. The molecule has 2 heterocycles. The molecule has 0 saturated carbocycles. The maximum Gasteiger partial charge on any atom is 0.265 e. The zero-order chi connectivity index (χ0) is 13.0. The van der Waals surface area contributed by atoms with Crippen LogP contribution in [-0.4, -0.2) is 15.0 Å². The quantitative estimate of drug-likeness (QED) is 0.944. The van der Waals surface area contributed by atoms with E-state index in [-0.39, 0.29) is 5.56 Å². The van der Waals surface area contributed by atoms with E-state index < -0.39 is 0 Å². The van der Waals surface area contributed by atoms with Crippen LogP contribution in [0, 0.1) is 0 Å². The van der Waals surface area contributed by atoms with E-state index in [1.54, 1.807) is 6.20 Å². The predicted molar refractivity (Wildman–Crippen MR) is 73.6 cm³/mol. The van der Waals surface area contributed by atoms with Gasteiger partial charge in [0.05, 0.1) is 5.69 Å². The fourth-order valence-electron chi connectivity index (χ4n) is 1.72. The Labute approximate surface area is 114 Å². The summed E-state index contributed by atoms with van der Waals surface area (Å²) in [5, 5.41) is 0. The Morgan fingerprint density at radius 3 is 2.89 bits per heavy atom. The van der Waals surface area contributed by atoms with Crippen molar-refractivity contribution in [1.82, 2.24) is 15.0 Å². The molecule has 0 unspecified atom stereocenters. The molecule has 0 saturated heterocycles. The van der Waals surface area contributed by atoms with E-state index in [0.717, 1.165) is 24.2 Å². The molecule has 0 spiro atoms. The Balaban J connectivity index is 2.32. The van der Waals surface area contributed by atoms with Gasteiger partial charge in [0.25, 0.3) is 5.56 Å². The number of hydrogen-bond acceptors (Lipinski definition) is 3. The molecule has 18 heavy (non-hydrogen) atoms. The number of H-pyrrole nitrogens is 1. The fourth-order valence-corrected chi connectivity index (χ4v) is 2.10. The lowest BCUT2D eigenvalue weighted by Gasteiger charge is -2.05. The molecule has 5 heteroatoms. The van der Waals surface area contributed by atoms with Gasteiger partial charge in [-0.25, -0.2) is 4.98 Å². The van der Waals surface area contributed by atoms with Gasteiger partial charge in [-0.1, -0.05) is 19.4 Å². The van der Waals surface area contributed by atoms with Crippen LogP contribution in [0.4, 0.5) is 0 Å². The molecule has 0 aliphatic rings. The molecule has 0 aliphatic carbocycles. The molecular weight excluding hydrogens is 294 g/mol. The average Bonchev–Trinajstić information content (AvgIpc) is 2.37. The molecule has 2 rings (SSSR count). The molecule has 0 aliphatic heterocycles. The van der Waals surface area contributed by atoms with E-state index in [4.69, 9.17) is 0 Å². The molecule has 2 aromatic rings. The lowest BCUT2D eigenvalue weighted by atomic mass is 10.2. The summed E-state index contributed by atoms with van der Waals surface area (Å²) in [6.07, 6.45) is 4.02. The highest BCUT2D eigenvalue weighted by atomic mass is 79.9. The number of aromatic amines is 1. The standard InChI is InChI=1S/C13H14BrN3O/c1-2-5-10-12(14)13(18)17-11(16-10)8-9-6-3-4-7-15-9/h3-4,6-7H,2,5,8H2,1H3,(H,16,17,18). The van der Waals surface area contributed by atoms with Crippen molar-refractivity contribution in [2.75, 3.05) is 0 Å². The van der Waals surface area contributed by atoms with Gasteiger partial charge in [-0.05, 0) is 34.5 Å². The number of pyridine rings is 1. The van der Waals surface area contributed by atoms with E-state index in [1.165, 1.54) is 0 Å². The molecule has 0 aromatic carbocycles. The third-order valence-electron chi connectivity index (χ3n) is 2.54. The summed E-state index contributed by atoms with van der Waals surface area (Å²) >= 11 is 3.28. The molecule has 0 amide bonds. The number of hydrogen-bond donors (Lipinski definition) is 1. The number of halogens is 1. The smallest absolute Gasteiger partial charge is 0.265 e. The molecule has 0 radical (unpaired) electrons. The minimum Gasteiger partial charge on any atom is -0.309 e. The zero-order valence-electron chi connectivity index (χ0n) is 10.1. The third-order valence-corrected chi connectivity index (χ3v) is 3.36. The van der Waals surface area contributed by atoms with Crippen molar-refractivity contribution < 1.29 is 0 Å². The fraction of sp³-hybridized carbons (Fsp3) is 0.308. The molecular formula is C13H14BrN3O. The van der Waals surface area contributed by atoms with Crippen molar-refractivity contribution in [2.45, 2.75) is 26.2 Å². The second-order valence-corrected chi connectivity index (χ2v) is 4.81. The van der Waals surface area contributed by atoms with E-state index >= 15 is 0 Å². The lowest BCUT2D eigenvalue weighted by Crippen LogP contribution is -2.16. The average molecular weight is 308 g/mol. The van der Waals surface area contributed by atoms with Gasteiger partial charge in [-0.2, -0.15) is 0 Å². The Morgan fingerprint density at radius 2 is 2.22 bits per heavy atom. The van der Waals surface area contributed by atoms with Crippen molar-refractivity contribution in [3.63, 3.8) is 0 Å². The first kappa shape index (κ1) is 13.0. The predicted octanol–water partition coefficient (Wildman–Crippen LogP) is 2.47. The van der Waals surface area contributed by atoms with Crippen molar-refractivity contribution in [3.05, 3.63) is 56.4 Å². The van der Waals surface area contributed by atoms with Crippen molar-refractivity contribution in [3.8, 4) is 0 Å². The normalized spacial score (nSPS) is 10.6. The maximum absolute atomic E-state index is 11.8. The monoisotopic (exact) mass is 307 g/mol. The van der Waals surface area contributed by atoms with E-state index in [1.807, 2.05) is 18.2 Å². The lowest BCUT2D eigenvalue weighted by molar-refractivity contribution is 0.817. The summed E-state index contributed by atoms with van der Waals surface area (Å²) in [6.45, 7) is 2.06. The van der Waals surface area contributed by atoms with Crippen LogP contribution < -0.4 is 5.56 Å². The van der Waals surface area contributed by atoms with Gasteiger partial charge in [0.15, 0.2) is 0 Å². The van der Waals surface area contributed by atoms with Crippen LogP contribution in [0.3, 0.4) is 0 Å². The van der Waals surface area contributed by atoms with Crippen LogP contribution in [0.5, 0.6) is 0 Å². The first-order valence-electron chi connectivity index (χ1n) is 5.88. The molecule has 4 nitrogen and oxygen atoms in total. The maximum atomic E-state index is 11.8. The molecule has 94 valence electrons. The molecule has 0 atom stereocenters. The zero-order valence-corrected chi connectivity index (χ0v) is 11.7. The summed E-state index contributed by atoms with van der Waals surface area (Å²) in [6, 6.07) is 5.71. The highest BCUT2D eigenvalue weighted by Crippen LogP contribution is 2.12. The second-order valence-electron chi connectivity index (χ2n) is 4.02. The van der Waals surface area contributed by atoms with Crippen molar-refractivity contribution in [2.24, 2.45) is 0 Å². The van der Waals surface area contributed by atoms with E-state index in [0.29, 0.717) is 16.7 Å².